The first-order valence-electron chi connectivity index (χ1n) is 7.04. The van der Waals surface area contributed by atoms with Gasteiger partial charge in [-0.2, -0.15) is 0 Å². The van der Waals surface area contributed by atoms with Gasteiger partial charge in [-0.1, -0.05) is 6.92 Å². The summed E-state index contributed by atoms with van der Waals surface area (Å²) in [5.41, 5.74) is 0. The van der Waals surface area contributed by atoms with Crippen LogP contribution in [-0.4, -0.2) is 63.8 Å². The molecule has 0 aliphatic carbocycles. The SMILES string of the molecule is CCOCCNC(=NC)NCC1CCN(CC)C1.I. The number of hydrogen-bond acceptors (Lipinski definition) is 3. The highest BCUT2D eigenvalue weighted by Crippen LogP contribution is 2.14. The third-order valence-corrected chi connectivity index (χ3v) is 3.34. The van der Waals surface area contributed by atoms with Gasteiger partial charge < -0.3 is 20.3 Å². The zero-order valence-corrected chi connectivity index (χ0v) is 14.8. The summed E-state index contributed by atoms with van der Waals surface area (Å²) in [5, 5.41) is 6.64. The van der Waals surface area contributed by atoms with Crippen LogP contribution in [0.4, 0.5) is 0 Å². The van der Waals surface area contributed by atoms with Gasteiger partial charge in [0.05, 0.1) is 6.61 Å². The second-order valence-corrected chi connectivity index (χ2v) is 4.62. The van der Waals surface area contributed by atoms with E-state index in [4.69, 9.17) is 4.74 Å². The van der Waals surface area contributed by atoms with Crippen molar-refractivity contribution < 1.29 is 4.74 Å². The molecule has 1 heterocycles. The fourth-order valence-electron chi connectivity index (χ4n) is 2.21. The van der Waals surface area contributed by atoms with Crippen LogP contribution in [0.15, 0.2) is 4.99 Å². The van der Waals surface area contributed by atoms with Crippen molar-refractivity contribution in [3.63, 3.8) is 0 Å². The molecule has 1 aliphatic rings. The number of nitrogens with one attached hydrogen (secondary N) is 2. The van der Waals surface area contributed by atoms with Crippen molar-refractivity contribution >= 4 is 29.9 Å². The first-order chi connectivity index (χ1) is 8.80. The van der Waals surface area contributed by atoms with Crippen LogP contribution in [0.5, 0.6) is 0 Å². The Kier molecular flexibility index (Phi) is 11.7. The molecule has 1 atom stereocenters. The Morgan fingerprint density at radius 3 is 2.74 bits per heavy atom. The molecule has 114 valence electrons. The Bertz CT molecular complexity index is 251. The number of guanidine groups is 1. The molecule has 1 saturated heterocycles. The van der Waals surface area contributed by atoms with Crippen molar-refractivity contribution in [1.29, 1.82) is 0 Å². The molecule has 0 aromatic rings. The van der Waals surface area contributed by atoms with E-state index in [9.17, 15) is 0 Å². The van der Waals surface area contributed by atoms with Crippen LogP contribution in [0.1, 0.15) is 20.3 Å². The summed E-state index contributed by atoms with van der Waals surface area (Å²) in [6, 6.07) is 0. The van der Waals surface area contributed by atoms with E-state index < -0.39 is 0 Å². The largest absolute Gasteiger partial charge is 0.380 e. The minimum atomic E-state index is 0. The summed E-state index contributed by atoms with van der Waals surface area (Å²) in [4.78, 5) is 6.71. The number of aliphatic imine (C=N–C) groups is 1. The number of rotatable bonds is 7. The molecule has 0 radical (unpaired) electrons. The lowest BCUT2D eigenvalue weighted by molar-refractivity contribution is 0.152. The second-order valence-electron chi connectivity index (χ2n) is 4.62. The highest BCUT2D eigenvalue weighted by Gasteiger charge is 2.20. The molecule has 0 spiro atoms. The highest BCUT2D eigenvalue weighted by atomic mass is 127. The van der Waals surface area contributed by atoms with Gasteiger partial charge in [-0.3, -0.25) is 4.99 Å². The molecular formula is C13H29IN4O. The Morgan fingerprint density at radius 1 is 1.37 bits per heavy atom. The summed E-state index contributed by atoms with van der Waals surface area (Å²) in [7, 11) is 1.81. The maximum absolute atomic E-state index is 5.28. The lowest BCUT2D eigenvalue weighted by Crippen LogP contribution is -2.41. The fraction of sp³-hybridized carbons (Fsp3) is 0.923. The van der Waals surface area contributed by atoms with Crippen molar-refractivity contribution in [2.24, 2.45) is 10.9 Å². The Labute approximate surface area is 134 Å². The van der Waals surface area contributed by atoms with Crippen molar-refractivity contribution in [3.05, 3.63) is 0 Å². The summed E-state index contributed by atoms with van der Waals surface area (Å²) in [6.45, 7) is 11.1. The Hall–Kier alpha value is -0.0800. The van der Waals surface area contributed by atoms with Gasteiger partial charge in [-0.15, -0.1) is 24.0 Å². The maximum atomic E-state index is 5.28. The first-order valence-corrected chi connectivity index (χ1v) is 7.04. The van der Waals surface area contributed by atoms with Crippen molar-refractivity contribution in [1.82, 2.24) is 15.5 Å². The molecule has 1 unspecified atom stereocenters. The molecule has 1 aliphatic heterocycles. The van der Waals surface area contributed by atoms with Crippen LogP contribution < -0.4 is 10.6 Å². The van der Waals surface area contributed by atoms with Crippen LogP contribution in [-0.2, 0) is 4.74 Å². The minimum Gasteiger partial charge on any atom is -0.380 e. The summed E-state index contributed by atoms with van der Waals surface area (Å²) in [6.07, 6.45) is 1.29. The molecule has 1 rings (SSSR count). The molecule has 0 bridgehead atoms. The van der Waals surface area contributed by atoms with E-state index in [2.05, 4.69) is 27.4 Å². The Morgan fingerprint density at radius 2 is 2.16 bits per heavy atom. The van der Waals surface area contributed by atoms with E-state index in [0.29, 0.717) is 0 Å². The smallest absolute Gasteiger partial charge is 0.191 e. The van der Waals surface area contributed by atoms with Gasteiger partial charge in [0.15, 0.2) is 5.96 Å². The molecule has 5 nitrogen and oxygen atoms in total. The van der Waals surface area contributed by atoms with E-state index in [0.717, 1.165) is 44.7 Å². The minimum absolute atomic E-state index is 0. The predicted octanol–water partition coefficient (Wildman–Crippen LogP) is 1.15. The van der Waals surface area contributed by atoms with Crippen LogP contribution >= 0.6 is 24.0 Å². The van der Waals surface area contributed by atoms with Gasteiger partial charge in [-0.25, -0.2) is 0 Å². The number of ether oxygens (including phenoxy) is 1. The van der Waals surface area contributed by atoms with Crippen molar-refractivity contribution in [2.45, 2.75) is 20.3 Å². The average Bonchev–Trinajstić information content (AvgIpc) is 2.86. The van der Waals surface area contributed by atoms with E-state index >= 15 is 0 Å². The first kappa shape index (κ1) is 18.9. The van der Waals surface area contributed by atoms with E-state index in [1.807, 2.05) is 14.0 Å². The fourth-order valence-corrected chi connectivity index (χ4v) is 2.21. The summed E-state index contributed by atoms with van der Waals surface area (Å²) >= 11 is 0. The van der Waals surface area contributed by atoms with Gasteiger partial charge >= 0.3 is 0 Å². The zero-order valence-electron chi connectivity index (χ0n) is 12.4. The van der Waals surface area contributed by atoms with Crippen LogP contribution in [0.3, 0.4) is 0 Å². The molecule has 19 heavy (non-hydrogen) atoms. The molecule has 0 aromatic heterocycles. The van der Waals surface area contributed by atoms with Gasteiger partial charge in [0.25, 0.3) is 0 Å². The predicted molar refractivity (Wildman–Crippen MR) is 91.5 cm³/mol. The lowest BCUT2D eigenvalue weighted by Gasteiger charge is -2.16. The molecule has 0 aromatic carbocycles. The number of nitrogens with zero attached hydrogens (tertiary/aromatic N) is 2. The topological polar surface area (TPSA) is 48.9 Å². The van der Waals surface area contributed by atoms with Crippen LogP contribution in [0.25, 0.3) is 0 Å². The maximum Gasteiger partial charge on any atom is 0.191 e. The molecule has 2 N–H and O–H groups in total. The molecule has 0 amide bonds. The van der Waals surface area contributed by atoms with Gasteiger partial charge in [0, 0.05) is 33.3 Å². The molecule has 6 heteroatoms. The third-order valence-electron chi connectivity index (χ3n) is 3.34. The zero-order chi connectivity index (χ0) is 13.2. The number of likely N-dealkylation sites (tertiary alicyclic amines) is 1. The summed E-state index contributed by atoms with van der Waals surface area (Å²) < 4.78 is 5.28. The van der Waals surface area contributed by atoms with Crippen LogP contribution in [0, 0.1) is 5.92 Å². The molecule has 0 saturated carbocycles. The highest BCUT2D eigenvalue weighted by molar-refractivity contribution is 14.0. The van der Waals surface area contributed by atoms with E-state index in [-0.39, 0.29) is 24.0 Å². The summed E-state index contributed by atoms with van der Waals surface area (Å²) in [5.74, 6) is 1.63. The quantitative estimate of drug-likeness (QED) is 0.299. The second kappa shape index (κ2) is 11.7. The van der Waals surface area contributed by atoms with Gasteiger partial charge in [0.1, 0.15) is 0 Å². The van der Waals surface area contributed by atoms with Crippen molar-refractivity contribution in [2.75, 3.05) is 53.0 Å². The van der Waals surface area contributed by atoms with Gasteiger partial charge in [-0.05, 0) is 32.4 Å². The average molecular weight is 384 g/mol. The monoisotopic (exact) mass is 384 g/mol. The van der Waals surface area contributed by atoms with Crippen molar-refractivity contribution in [3.8, 4) is 0 Å². The molecule has 1 fully saturated rings. The molecular weight excluding hydrogens is 355 g/mol. The number of halogens is 1. The van der Waals surface area contributed by atoms with Gasteiger partial charge in [0.2, 0.25) is 0 Å². The number of hydrogen-bond donors (Lipinski definition) is 2. The lowest BCUT2D eigenvalue weighted by atomic mass is 10.1. The Balaban J connectivity index is 0.00000324. The van der Waals surface area contributed by atoms with E-state index in [1.165, 1.54) is 19.5 Å². The standard InChI is InChI=1S/C13H28N4O.HI/c1-4-17-8-6-12(11-17)10-16-13(14-3)15-7-9-18-5-2;/h12H,4-11H2,1-3H3,(H2,14,15,16);1H. The normalized spacial score (nSPS) is 20.2. The van der Waals surface area contributed by atoms with Crippen LogP contribution in [0.2, 0.25) is 0 Å². The van der Waals surface area contributed by atoms with E-state index in [1.54, 1.807) is 0 Å². The third kappa shape index (κ3) is 7.94.